The van der Waals surface area contributed by atoms with E-state index in [-0.39, 0.29) is 24.3 Å². The van der Waals surface area contributed by atoms with Crippen molar-refractivity contribution >= 4 is 23.6 Å². The maximum atomic E-state index is 13.5. The molecule has 0 aromatic heterocycles. The van der Waals surface area contributed by atoms with E-state index in [0.29, 0.717) is 12.1 Å². The van der Waals surface area contributed by atoms with Crippen molar-refractivity contribution in [1.82, 2.24) is 10.2 Å². The number of nitrogens with zero attached hydrogens (tertiary/aromatic N) is 1. The Morgan fingerprint density at radius 1 is 1.00 bits per heavy atom. The summed E-state index contributed by atoms with van der Waals surface area (Å²) in [6.45, 7) is 11.4. The van der Waals surface area contributed by atoms with Crippen LogP contribution in [-0.2, 0) is 27.3 Å². The van der Waals surface area contributed by atoms with Crippen LogP contribution in [0.5, 0.6) is 0 Å². The predicted molar refractivity (Wildman–Crippen MR) is 132 cm³/mol. The number of carbonyl (C=O) groups excluding carboxylic acids is 3. The molecule has 2 aromatic rings. The second-order valence-corrected chi connectivity index (χ2v) is 10.2. The molecular weight excluding hydrogens is 430 g/mol. The fraction of sp³-hybridized carbons (Fsp3) is 0.444. The Hall–Kier alpha value is -3.35. The minimum Gasteiger partial charge on any atom is -0.444 e. The van der Waals surface area contributed by atoms with Gasteiger partial charge < -0.3 is 15.4 Å². The van der Waals surface area contributed by atoms with Crippen molar-refractivity contribution in [2.45, 2.75) is 72.2 Å². The molecular formula is C27H35N3O4. The van der Waals surface area contributed by atoms with Crippen molar-refractivity contribution in [2.24, 2.45) is 5.92 Å². The molecule has 34 heavy (non-hydrogen) atoms. The number of amides is 3. The van der Waals surface area contributed by atoms with E-state index in [2.05, 4.69) is 10.6 Å². The van der Waals surface area contributed by atoms with Crippen molar-refractivity contribution in [3.63, 3.8) is 0 Å². The van der Waals surface area contributed by atoms with E-state index in [1.54, 1.807) is 20.8 Å². The van der Waals surface area contributed by atoms with Crippen LogP contribution in [0, 0.1) is 12.8 Å². The quantitative estimate of drug-likeness (QED) is 0.684. The Morgan fingerprint density at radius 2 is 1.62 bits per heavy atom. The number of carbonyl (C=O) groups is 3. The molecule has 0 bridgehead atoms. The number of anilines is 1. The number of ether oxygens (including phenoxy) is 1. The smallest absolute Gasteiger partial charge is 0.411 e. The second kappa shape index (κ2) is 10.3. The molecule has 2 atom stereocenters. The van der Waals surface area contributed by atoms with Gasteiger partial charge in [-0.3, -0.25) is 14.5 Å². The van der Waals surface area contributed by atoms with Crippen molar-refractivity contribution in [2.75, 3.05) is 5.32 Å². The zero-order chi connectivity index (χ0) is 25.0. The van der Waals surface area contributed by atoms with Crippen molar-refractivity contribution in [1.29, 1.82) is 0 Å². The molecule has 0 saturated carbocycles. The van der Waals surface area contributed by atoms with Gasteiger partial charge in [0.25, 0.3) is 0 Å². The van der Waals surface area contributed by atoms with E-state index in [1.165, 1.54) is 4.90 Å². The van der Waals surface area contributed by atoms with Gasteiger partial charge in [0.1, 0.15) is 17.7 Å². The van der Waals surface area contributed by atoms with Crippen LogP contribution in [0.15, 0.2) is 48.5 Å². The molecule has 0 spiro atoms. The van der Waals surface area contributed by atoms with E-state index in [9.17, 15) is 14.4 Å². The molecule has 2 N–H and O–H groups in total. The van der Waals surface area contributed by atoms with E-state index in [4.69, 9.17) is 4.74 Å². The molecule has 3 rings (SSSR count). The number of fused-ring (bicyclic) bond motifs is 1. The summed E-state index contributed by atoms with van der Waals surface area (Å²) in [6, 6.07) is 13.7. The summed E-state index contributed by atoms with van der Waals surface area (Å²) >= 11 is 0. The molecule has 7 nitrogen and oxygen atoms in total. The third kappa shape index (κ3) is 6.37. The zero-order valence-corrected chi connectivity index (χ0v) is 20.8. The van der Waals surface area contributed by atoms with Crippen LogP contribution in [0.4, 0.5) is 10.5 Å². The number of benzene rings is 2. The number of nitrogens with one attached hydrogen (secondary N) is 2. The number of hydrogen-bond donors (Lipinski definition) is 2. The summed E-state index contributed by atoms with van der Waals surface area (Å²) in [6.07, 6.45) is -0.196. The van der Waals surface area contributed by atoms with Crippen LogP contribution in [0.3, 0.4) is 0 Å². The molecule has 0 fully saturated rings. The van der Waals surface area contributed by atoms with Gasteiger partial charge in [0.2, 0.25) is 11.8 Å². The first-order valence-corrected chi connectivity index (χ1v) is 11.7. The van der Waals surface area contributed by atoms with Crippen LogP contribution < -0.4 is 10.6 Å². The standard InChI is InChI=1S/C27H35N3O4/c1-17(2)23(25(32)28-21-13-11-18(3)12-14-21)29-24(31)22-15-19-9-7-8-10-20(19)16-30(22)26(33)34-27(4,5)6/h7-14,17,22-23H,15-16H2,1-6H3,(H,28,32)(H,29,31)/t22-,23-/m0/s1. The van der Waals surface area contributed by atoms with Crippen LogP contribution in [-0.4, -0.2) is 40.5 Å². The lowest BCUT2D eigenvalue weighted by Gasteiger charge is -2.37. The monoisotopic (exact) mass is 465 g/mol. The minimum atomic E-state index is -0.779. The lowest BCUT2D eigenvalue weighted by Crippen LogP contribution is -2.57. The van der Waals surface area contributed by atoms with Gasteiger partial charge in [-0.2, -0.15) is 0 Å². The lowest BCUT2D eigenvalue weighted by atomic mass is 9.93. The summed E-state index contributed by atoms with van der Waals surface area (Å²) in [4.78, 5) is 41.0. The van der Waals surface area contributed by atoms with E-state index < -0.39 is 23.8 Å². The molecule has 0 saturated heterocycles. The molecule has 2 aromatic carbocycles. The van der Waals surface area contributed by atoms with Gasteiger partial charge >= 0.3 is 6.09 Å². The fourth-order valence-electron chi connectivity index (χ4n) is 3.91. The van der Waals surface area contributed by atoms with E-state index >= 15 is 0 Å². The van der Waals surface area contributed by atoms with Crippen LogP contribution in [0.2, 0.25) is 0 Å². The highest BCUT2D eigenvalue weighted by Crippen LogP contribution is 2.26. The third-order valence-corrected chi connectivity index (χ3v) is 5.75. The Labute approximate surface area is 201 Å². The summed E-state index contributed by atoms with van der Waals surface area (Å²) in [5.74, 6) is -0.828. The van der Waals surface area contributed by atoms with Crippen molar-refractivity contribution < 1.29 is 19.1 Å². The topological polar surface area (TPSA) is 87.7 Å². The van der Waals surface area contributed by atoms with E-state index in [0.717, 1.165) is 16.7 Å². The SMILES string of the molecule is Cc1ccc(NC(=O)[C@@H](NC(=O)[C@@H]2Cc3ccccc3CN2C(=O)OC(C)(C)C)C(C)C)cc1. The molecule has 3 amide bonds. The largest absolute Gasteiger partial charge is 0.444 e. The Bertz CT molecular complexity index is 1040. The molecule has 0 radical (unpaired) electrons. The van der Waals surface area contributed by atoms with Crippen LogP contribution in [0.1, 0.15) is 51.3 Å². The number of rotatable bonds is 5. The van der Waals surface area contributed by atoms with Gasteiger partial charge in [0.15, 0.2) is 0 Å². The normalized spacial score (nSPS) is 16.4. The molecule has 0 unspecified atom stereocenters. The summed E-state index contributed by atoms with van der Waals surface area (Å²) in [5, 5.41) is 5.78. The fourth-order valence-corrected chi connectivity index (χ4v) is 3.91. The highest BCUT2D eigenvalue weighted by molar-refractivity contribution is 5.98. The molecule has 1 aliphatic heterocycles. The lowest BCUT2D eigenvalue weighted by molar-refractivity contribution is -0.131. The van der Waals surface area contributed by atoms with Gasteiger partial charge in [-0.15, -0.1) is 0 Å². The first kappa shape index (κ1) is 25.3. The summed E-state index contributed by atoms with van der Waals surface area (Å²) < 4.78 is 5.59. The summed E-state index contributed by atoms with van der Waals surface area (Å²) in [5.41, 5.74) is 3.05. The van der Waals surface area contributed by atoms with Crippen molar-refractivity contribution in [3.8, 4) is 0 Å². The average Bonchev–Trinajstić information content (AvgIpc) is 2.76. The Balaban J connectivity index is 1.80. The summed E-state index contributed by atoms with van der Waals surface area (Å²) in [7, 11) is 0. The van der Waals surface area contributed by atoms with Gasteiger partial charge in [0.05, 0.1) is 6.54 Å². The van der Waals surface area contributed by atoms with Gasteiger partial charge in [-0.25, -0.2) is 4.79 Å². The zero-order valence-electron chi connectivity index (χ0n) is 20.8. The highest BCUT2D eigenvalue weighted by atomic mass is 16.6. The van der Waals surface area contributed by atoms with Gasteiger partial charge in [-0.05, 0) is 56.9 Å². The Kier molecular flexibility index (Phi) is 7.64. The average molecular weight is 466 g/mol. The van der Waals surface area contributed by atoms with E-state index in [1.807, 2.05) is 69.3 Å². The van der Waals surface area contributed by atoms with Gasteiger partial charge in [0, 0.05) is 12.1 Å². The Morgan fingerprint density at radius 3 is 2.21 bits per heavy atom. The molecule has 1 aliphatic rings. The maximum absolute atomic E-state index is 13.5. The highest BCUT2D eigenvalue weighted by Gasteiger charge is 2.38. The molecule has 182 valence electrons. The second-order valence-electron chi connectivity index (χ2n) is 10.2. The van der Waals surface area contributed by atoms with Crippen molar-refractivity contribution in [3.05, 3.63) is 65.2 Å². The molecule has 0 aliphatic carbocycles. The minimum absolute atomic E-state index is 0.153. The molecule has 1 heterocycles. The number of hydrogen-bond acceptors (Lipinski definition) is 4. The van der Waals surface area contributed by atoms with Crippen LogP contribution in [0.25, 0.3) is 0 Å². The van der Waals surface area contributed by atoms with Gasteiger partial charge in [-0.1, -0.05) is 55.8 Å². The maximum Gasteiger partial charge on any atom is 0.411 e. The first-order valence-electron chi connectivity index (χ1n) is 11.7. The first-order chi connectivity index (χ1) is 15.9. The predicted octanol–water partition coefficient (Wildman–Crippen LogP) is 4.44. The third-order valence-electron chi connectivity index (χ3n) is 5.75. The molecule has 7 heteroatoms. The number of aryl methyl sites for hydroxylation is 1. The van der Waals surface area contributed by atoms with Crippen LogP contribution >= 0.6 is 0 Å².